The molecule has 1 atom stereocenters. The Kier molecular flexibility index (Phi) is 4.07. The summed E-state index contributed by atoms with van der Waals surface area (Å²) in [4.78, 5) is 17.5. The third kappa shape index (κ3) is 3.16. The van der Waals surface area contributed by atoms with E-state index in [0.717, 1.165) is 18.5 Å². The number of carboxylic acid groups (broad SMARTS) is 1. The van der Waals surface area contributed by atoms with Crippen molar-refractivity contribution in [1.82, 2.24) is 9.36 Å². The van der Waals surface area contributed by atoms with Crippen molar-refractivity contribution in [2.75, 3.05) is 11.4 Å². The van der Waals surface area contributed by atoms with E-state index in [1.54, 1.807) is 0 Å². The number of anilines is 1. The summed E-state index contributed by atoms with van der Waals surface area (Å²) in [5.41, 5.74) is 1.08. The molecule has 110 valence electrons. The quantitative estimate of drug-likeness (QED) is 0.937. The molecule has 5 nitrogen and oxygen atoms in total. The van der Waals surface area contributed by atoms with Gasteiger partial charge in [-0.2, -0.15) is 4.37 Å². The second kappa shape index (κ2) is 5.99. The zero-order valence-corrected chi connectivity index (χ0v) is 12.8. The summed E-state index contributed by atoms with van der Waals surface area (Å²) in [7, 11) is 0. The second-order valence-electron chi connectivity index (χ2n) is 4.99. The lowest BCUT2D eigenvalue weighted by Crippen LogP contribution is -2.35. The van der Waals surface area contributed by atoms with Crippen LogP contribution in [0.15, 0.2) is 24.3 Å². The molecule has 0 radical (unpaired) electrons. The first-order chi connectivity index (χ1) is 10.1. The van der Waals surface area contributed by atoms with Gasteiger partial charge in [0.1, 0.15) is 11.9 Å². The van der Waals surface area contributed by atoms with Crippen molar-refractivity contribution < 1.29 is 9.90 Å². The Morgan fingerprint density at radius 2 is 2.19 bits per heavy atom. The predicted molar refractivity (Wildman–Crippen MR) is 82.2 cm³/mol. The lowest BCUT2D eigenvalue weighted by Gasteiger charge is -2.19. The Balaban J connectivity index is 1.74. The molecular formula is C14H14ClN3O2S. The average Bonchev–Trinajstić information content (AvgIpc) is 3.09. The van der Waals surface area contributed by atoms with E-state index < -0.39 is 12.0 Å². The first-order valence-corrected chi connectivity index (χ1v) is 7.85. The van der Waals surface area contributed by atoms with Crippen LogP contribution in [-0.4, -0.2) is 33.0 Å². The van der Waals surface area contributed by atoms with E-state index in [-0.39, 0.29) is 0 Å². The van der Waals surface area contributed by atoms with Gasteiger partial charge in [-0.1, -0.05) is 23.7 Å². The zero-order chi connectivity index (χ0) is 14.8. The molecule has 1 N–H and O–H groups in total. The lowest BCUT2D eigenvalue weighted by atomic mass is 10.1. The van der Waals surface area contributed by atoms with Crippen molar-refractivity contribution in [1.29, 1.82) is 0 Å². The van der Waals surface area contributed by atoms with Crippen molar-refractivity contribution in [3.05, 3.63) is 40.7 Å². The third-order valence-corrected chi connectivity index (χ3v) is 4.56. The summed E-state index contributed by atoms with van der Waals surface area (Å²) in [5.74, 6) is -0.0738. The number of nitrogens with zero attached hydrogens (tertiary/aromatic N) is 3. The molecule has 1 aromatic carbocycles. The molecule has 0 amide bonds. The number of hydrogen-bond acceptors (Lipinski definition) is 5. The number of aliphatic carboxylic acids is 1. The molecule has 2 heterocycles. The molecule has 1 saturated heterocycles. The fourth-order valence-corrected chi connectivity index (χ4v) is 3.36. The van der Waals surface area contributed by atoms with Gasteiger partial charge in [0.05, 0.1) is 0 Å². The number of hydrogen-bond donors (Lipinski definition) is 1. The largest absolute Gasteiger partial charge is 0.480 e. The zero-order valence-electron chi connectivity index (χ0n) is 11.2. The van der Waals surface area contributed by atoms with Gasteiger partial charge < -0.3 is 10.0 Å². The maximum atomic E-state index is 11.2. The lowest BCUT2D eigenvalue weighted by molar-refractivity contribution is -0.138. The van der Waals surface area contributed by atoms with Gasteiger partial charge in [-0.05, 0) is 30.5 Å². The van der Waals surface area contributed by atoms with E-state index in [1.807, 2.05) is 29.2 Å². The molecule has 2 aromatic rings. The van der Waals surface area contributed by atoms with Crippen LogP contribution in [0.1, 0.15) is 24.2 Å². The molecule has 1 fully saturated rings. The fourth-order valence-electron chi connectivity index (χ4n) is 2.47. The Morgan fingerprint density at radius 1 is 1.43 bits per heavy atom. The maximum Gasteiger partial charge on any atom is 0.326 e. The SMILES string of the molecule is O=C(O)[C@H]1CCCN1c1nc(Cc2ccc(Cl)cc2)ns1. The Bertz CT molecular complexity index is 644. The number of benzene rings is 1. The molecule has 0 bridgehead atoms. The van der Waals surface area contributed by atoms with Crippen LogP contribution in [0.3, 0.4) is 0 Å². The monoisotopic (exact) mass is 323 g/mol. The van der Waals surface area contributed by atoms with Crippen molar-refractivity contribution in [2.45, 2.75) is 25.3 Å². The minimum atomic E-state index is -0.790. The van der Waals surface area contributed by atoms with E-state index >= 15 is 0 Å². The molecule has 7 heteroatoms. The second-order valence-corrected chi connectivity index (χ2v) is 6.15. The Labute approximate surface area is 131 Å². The molecular weight excluding hydrogens is 310 g/mol. The molecule has 0 aliphatic carbocycles. The van der Waals surface area contributed by atoms with Crippen LogP contribution in [0.5, 0.6) is 0 Å². The van der Waals surface area contributed by atoms with Crippen LogP contribution in [0.25, 0.3) is 0 Å². The van der Waals surface area contributed by atoms with Gasteiger partial charge in [-0.25, -0.2) is 9.78 Å². The van der Waals surface area contributed by atoms with Gasteiger partial charge >= 0.3 is 5.97 Å². The van der Waals surface area contributed by atoms with Crippen molar-refractivity contribution in [3.8, 4) is 0 Å². The summed E-state index contributed by atoms with van der Waals surface area (Å²) < 4.78 is 4.34. The van der Waals surface area contributed by atoms with E-state index in [1.165, 1.54) is 11.5 Å². The first kappa shape index (κ1) is 14.3. The van der Waals surface area contributed by atoms with Crippen LogP contribution in [0.4, 0.5) is 5.13 Å². The van der Waals surface area contributed by atoms with Crippen LogP contribution in [0.2, 0.25) is 5.02 Å². The highest BCUT2D eigenvalue weighted by atomic mass is 35.5. The molecule has 1 aliphatic rings. The summed E-state index contributed by atoms with van der Waals surface area (Å²) >= 11 is 7.12. The van der Waals surface area contributed by atoms with Gasteiger partial charge in [0.25, 0.3) is 0 Å². The van der Waals surface area contributed by atoms with Crippen molar-refractivity contribution in [3.63, 3.8) is 0 Å². The van der Waals surface area contributed by atoms with Gasteiger partial charge in [0, 0.05) is 29.5 Å². The van der Waals surface area contributed by atoms with Gasteiger partial charge in [-0.15, -0.1) is 0 Å². The number of halogens is 1. The van der Waals surface area contributed by atoms with Crippen LogP contribution >= 0.6 is 23.1 Å². The highest BCUT2D eigenvalue weighted by Gasteiger charge is 2.32. The van der Waals surface area contributed by atoms with Crippen LogP contribution in [-0.2, 0) is 11.2 Å². The minimum Gasteiger partial charge on any atom is -0.480 e. The first-order valence-electron chi connectivity index (χ1n) is 6.70. The summed E-state index contributed by atoms with van der Waals surface area (Å²) in [6.07, 6.45) is 2.17. The highest BCUT2D eigenvalue weighted by molar-refractivity contribution is 7.09. The number of aromatic nitrogens is 2. The van der Waals surface area contributed by atoms with Gasteiger partial charge in [-0.3, -0.25) is 0 Å². The molecule has 1 aliphatic heterocycles. The fraction of sp³-hybridized carbons (Fsp3) is 0.357. The number of rotatable bonds is 4. The van der Waals surface area contributed by atoms with Crippen molar-refractivity contribution >= 4 is 34.2 Å². The number of carbonyl (C=O) groups is 1. The van der Waals surface area contributed by atoms with Gasteiger partial charge in [0.15, 0.2) is 0 Å². The Hall–Kier alpha value is -1.66. The predicted octanol–water partition coefficient (Wildman–Crippen LogP) is 2.84. The smallest absolute Gasteiger partial charge is 0.326 e. The molecule has 0 saturated carbocycles. The summed E-state index contributed by atoms with van der Waals surface area (Å²) in [6, 6.07) is 7.09. The third-order valence-electron chi connectivity index (χ3n) is 3.52. The van der Waals surface area contributed by atoms with E-state index in [9.17, 15) is 9.90 Å². The maximum absolute atomic E-state index is 11.2. The van der Waals surface area contributed by atoms with Crippen LogP contribution < -0.4 is 4.90 Å². The van der Waals surface area contributed by atoms with E-state index in [4.69, 9.17) is 11.6 Å². The molecule has 21 heavy (non-hydrogen) atoms. The normalized spacial score (nSPS) is 18.1. The summed E-state index contributed by atoms with van der Waals surface area (Å²) in [5, 5.41) is 10.6. The minimum absolute atomic E-state index is 0.471. The average molecular weight is 324 g/mol. The molecule has 1 aromatic heterocycles. The van der Waals surface area contributed by atoms with Crippen molar-refractivity contribution in [2.24, 2.45) is 0 Å². The molecule has 0 spiro atoms. The Morgan fingerprint density at radius 3 is 2.90 bits per heavy atom. The molecule has 3 rings (SSSR count). The number of carboxylic acids is 1. The molecule has 0 unspecified atom stereocenters. The summed E-state index contributed by atoms with van der Waals surface area (Å²) in [6.45, 7) is 0.729. The standard InChI is InChI=1S/C14H14ClN3O2S/c15-10-5-3-9(4-6-10)8-12-16-14(21-17-12)18-7-1-2-11(18)13(19)20/h3-6,11H,1-2,7-8H2,(H,19,20)/t11-/m1/s1. The van der Waals surface area contributed by atoms with E-state index in [0.29, 0.717) is 28.8 Å². The highest BCUT2D eigenvalue weighted by Crippen LogP contribution is 2.27. The van der Waals surface area contributed by atoms with Crippen LogP contribution in [0, 0.1) is 0 Å². The van der Waals surface area contributed by atoms with Gasteiger partial charge in [0.2, 0.25) is 5.13 Å². The van der Waals surface area contributed by atoms with E-state index in [2.05, 4.69) is 9.36 Å². The topological polar surface area (TPSA) is 66.3 Å².